The maximum Gasteiger partial charge on any atom is 0.220 e. The summed E-state index contributed by atoms with van der Waals surface area (Å²) >= 11 is 0. The fraction of sp³-hybridized carbons (Fsp3) is 0.429. The summed E-state index contributed by atoms with van der Waals surface area (Å²) in [5.41, 5.74) is 3.34. The highest BCUT2D eigenvalue weighted by Crippen LogP contribution is 2.26. The molecular weight excluding hydrogens is 422 g/mol. The number of carbonyl (C=O) groups is 1. The number of anilines is 1. The number of pyridine rings is 1. The van der Waals surface area contributed by atoms with Gasteiger partial charge in [-0.3, -0.25) is 24.4 Å². The first-order valence-electron chi connectivity index (χ1n) is 12.4. The molecule has 6 heteroatoms. The molecule has 1 fully saturated rings. The lowest BCUT2D eigenvalue weighted by atomic mass is 10.1. The number of nitrogens with zero attached hydrogens (tertiary/aromatic N) is 5. The van der Waals surface area contributed by atoms with Crippen LogP contribution in [0, 0.1) is 11.8 Å². The van der Waals surface area contributed by atoms with Crippen molar-refractivity contribution in [1.29, 1.82) is 0 Å². The highest BCUT2D eigenvalue weighted by Gasteiger charge is 2.17. The molecule has 3 aromatic rings. The van der Waals surface area contributed by atoms with E-state index in [4.69, 9.17) is 0 Å². The second-order valence-electron chi connectivity index (χ2n) is 8.91. The molecule has 0 unspecified atom stereocenters. The van der Waals surface area contributed by atoms with Crippen LogP contribution in [-0.2, 0) is 11.3 Å². The van der Waals surface area contributed by atoms with Gasteiger partial charge < -0.3 is 4.90 Å². The van der Waals surface area contributed by atoms with Crippen LogP contribution in [0.2, 0.25) is 0 Å². The average Bonchev–Trinajstić information content (AvgIpc) is 3.23. The molecule has 1 amide bonds. The van der Waals surface area contributed by atoms with Gasteiger partial charge in [-0.15, -0.1) is 0 Å². The monoisotopic (exact) mass is 457 g/mol. The van der Waals surface area contributed by atoms with E-state index in [1.54, 1.807) is 6.92 Å². The summed E-state index contributed by atoms with van der Waals surface area (Å²) in [5, 5.41) is 3.43. The third-order valence-electron chi connectivity index (χ3n) is 6.38. The molecule has 0 spiro atoms. The number of benzene rings is 1. The lowest BCUT2D eigenvalue weighted by Gasteiger charge is -2.26. The summed E-state index contributed by atoms with van der Waals surface area (Å²) in [4.78, 5) is 20.9. The zero-order valence-electron chi connectivity index (χ0n) is 20.4. The number of rotatable bonds is 8. The van der Waals surface area contributed by atoms with E-state index in [2.05, 4.69) is 68.8 Å². The first kappa shape index (κ1) is 23.8. The fourth-order valence-corrected chi connectivity index (χ4v) is 4.57. The van der Waals surface area contributed by atoms with E-state index in [0.717, 1.165) is 54.8 Å². The lowest BCUT2D eigenvalue weighted by molar-refractivity contribution is -0.128. The largest absolute Gasteiger partial charge is 0.327 e. The summed E-state index contributed by atoms with van der Waals surface area (Å²) in [6, 6.07) is 12.5. The second-order valence-corrected chi connectivity index (χ2v) is 8.91. The molecule has 0 radical (unpaired) electrons. The van der Waals surface area contributed by atoms with E-state index >= 15 is 0 Å². The zero-order valence-corrected chi connectivity index (χ0v) is 20.4. The van der Waals surface area contributed by atoms with E-state index in [1.165, 1.54) is 19.3 Å². The van der Waals surface area contributed by atoms with Gasteiger partial charge >= 0.3 is 0 Å². The summed E-state index contributed by atoms with van der Waals surface area (Å²) in [5.74, 6) is 6.58. The number of likely N-dealkylation sites (tertiary alicyclic amines) is 1. The van der Waals surface area contributed by atoms with Gasteiger partial charge in [0.1, 0.15) is 0 Å². The summed E-state index contributed by atoms with van der Waals surface area (Å²) in [6.45, 7) is 8.74. The van der Waals surface area contributed by atoms with Gasteiger partial charge in [-0.1, -0.05) is 43.4 Å². The minimum absolute atomic E-state index is 0.0450. The van der Waals surface area contributed by atoms with Crippen LogP contribution in [0.25, 0.3) is 10.9 Å². The summed E-state index contributed by atoms with van der Waals surface area (Å²) < 4.78 is 2.21. The third-order valence-corrected chi connectivity index (χ3v) is 6.38. The third kappa shape index (κ3) is 5.78. The molecule has 0 bridgehead atoms. The number of hydrogen-bond donors (Lipinski definition) is 0. The van der Waals surface area contributed by atoms with E-state index in [9.17, 15) is 4.79 Å². The molecule has 1 aliphatic rings. The number of para-hydroxylation sites is 1. The molecule has 1 saturated heterocycles. The predicted octanol–water partition coefficient (Wildman–Crippen LogP) is 4.55. The molecule has 0 aliphatic carbocycles. The summed E-state index contributed by atoms with van der Waals surface area (Å²) in [7, 11) is 0. The lowest BCUT2D eigenvalue weighted by Crippen LogP contribution is -2.31. The number of aromatic nitrogens is 2. The Kier molecular flexibility index (Phi) is 8.21. The van der Waals surface area contributed by atoms with Crippen molar-refractivity contribution in [3.8, 4) is 11.8 Å². The van der Waals surface area contributed by atoms with Crippen molar-refractivity contribution in [2.75, 3.05) is 37.7 Å². The Bertz CT molecular complexity index is 1140. The van der Waals surface area contributed by atoms with Crippen LogP contribution < -0.4 is 5.01 Å². The second kappa shape index (κ2) is 11.7. The Balaban J connectivity index is 1.56. The normalized spacial score (nSPS) is 13.9. The van der Waals surface area contributed by atoms with Crippen molar-refractivity contribution in [3.05, 3.63) is 60.6 Å². The molecule has 4 rings (SSSR count). The van der Waals surface area contributed by atoms with Gasteiger partial charge in [0.2, 0.25) is 5.91 Å². The Hall–Kier alpha value is -3.30. The van der Waals surface area contributed by atoms with Crippen LogP contribution in [0.4, 0.5) is 5.69 Å². The van der Waals surface area contributed by atoms with E-state index in [-0.39, 0.29) is 5.91 Å². The van der Waals surface area contributed by atoms with Crippen molar-refractivity contribution < 1.29 is 4.79 Å². The van der Waals surface area contributed by atoms with Crippen molar-refractivity contribution in [3.63, 3.8) is 0 Å². The molecule has 34 heavy (non-hydrogen) atoms. The molecule has 0 saturated carbocycles. The molecule has 1 aromatic carbocycles. The smallest absolute Gasteiger partial charge is 0.220 e. The first-order chi connectivity index (χ1) is 16.7. The van der Waals surface area contributed by atoms with Gasteiger partial charge in [-0.05, 0) is 56.1 Å². The molecule has 6 nitrogen and oxygen atoms in total. The number of piperidine rings is 1. The van der Waals surface area contributed by atoms with E-state index in [0.29, 0.717) is 13.1 Å². The van der Waals surface area contributed by atoms with Gasteiger partial charge in [0.05, 0.1) is 24.3 Å². The Labute approximate surface area is 203 Å². The van der Waals surface area contributed by atoms with Crippen LogP contribution in [0.15, 0.2) is 55.0 Å². The standard InChI is InChI=1S/C28H35N5O/c1-3-17-32(26-13-15-29-16-14-26)33-23-25(27-11-5-6-12-28(27)33)22-31(24(2)34)21-10-9-20-30-18-7-4-8-19-30/h5-6,11-16,23H,3-4,7-8,17-22H2,1-2H3. The quantitative estimate of drug-likeness (QED) is 0.466. The average molecular weight is 458 g/mol. The SMILES string of the molecule is CCCN(c1ccncc1)n1cc(CN(CC#CCN2CCCCC2)C(C)=O)c2ccccc21. The Morgan fingerprint density at radius 1 is 1.06 bits per heavy atom. The van der Waals surface area contributed by atoms with Crippen LogP contribution in [0.5, 0.6) is 0 Å². The van der Waals surface area contributed by atoms with Gasteiger partial charge in [0.25, 0.3) is 0 Å². The minimum atomic E-state index is 0.0450. The maximum atomic E-state index is 12.5. The zero-order chi connectivity index (χ0) is 23.8. The number of hydrogen-bond acceptors (Lipinski definition) is 4. The molecular formula is C28H35N5O. The van der Waals surface area contributed by atoms with Crippen molar-refractivity contribution in [2.45, 2.75) is 46.1 Å². The number of amides is 1. The van der Waals surface area contributed by atoms with Crippen LogP contribution in [-0.4, -0.2) is 58.1 Å². The fourth-order valence-electron chi connectivity index (χ4n) is 4.57. The van der Waals surface area contributed by atoms with Gasteiger partial charge in [0.15, 0.2) is 0 Å². The highest BCUT2D eigenvalue weighted by molar-refractivity contribution is 5.85. The molecule has 2 aromatic heterocycles. The molecule has 3 heterocycles. The Morgan fingerprint density at radius 2 is 1.82 bits per heavy atom. The number of fused-ring (bicyclic) bond motifs is 1. The molecule has 0 N–H and O–H groups in total. The predicted molar refractivity (Wildman–Crippen MR) is 138 cm³/mol. The van der Waals surface area contributed by atoms with E-state index in [1.807, 2.05) is 29.4 Å². The molecule has 178 valence electrons. The van der Waals surface area contributed by atoms with Crippen molar-refractivity contribution >= 4 is 22.5 Å². The van der Waals surface area contributed by atoms with Crippen LogP contribution >= 0.6 is 0 Å². The van der Waals surface area contributed by atoms with Gasteiger partial charge in [-0.2, -0.15) is 0 Å². The highest BCUT2D eigenvalue weighted by atomic mass is 16.2. The van der Waals surface area contributed by atoms with Crippen LogP contribution in [0.1, 0.15) is 45.1 Å². The molecule has 0 atom stereocenters. The van der Waals surface area contributed by atoms with Crippen LogP contribution in [0.3, 0.4) is 0 Å². The van der Waals surface area contributed by atoms with E-state index < -0.39 is 0 Å². The maximum absolute atomic E-state index is 12.5. The minimum Gasteiger partial charge on any atom is -0.327 e. The Morgan fingerprint density at radius 3 is 2.56 bits per heavy atom. The topological polar surface area (TPSA) is 44.6 Å². The van der Waals surface area contributed by atoms with Gasteiger partial charge in [-0.25, -0.2) is 0 Å². The first-order valence-corrected chi connectivity index (χ1v) is 12.4. The van der Waals surface area contributed by atoms with Crippen molar-refractivity contribution in [1.82, 2.24) is 19.5 Å². The summed E-state index contributed by atoms with van der Waals surface area (Å²) in [6.07, 6.45) is 10.7. The number of carbonyl (C=O) groups excluding carboxylic acids is 1. The van der Waals surface area contributed by atoms with Crippen molar-refractivity contribution in [2.24, 2.45) is 0 Å². The molecule has 1 aliphatic heterocycles. The van der Waals surface area contributed by atoms with Gasteiger partial charge in [0, 0.05) is 44.0 Å².